The summed E-state index contributed by atoms with van der Waals surface area (Å²) < 4.78 is 1.91. The lowest BCUT2D eigenvalue weighted by Gasteiger charge is -2.06. The predicted octanol–water partition coefficient (Wildman–Crippen LogP) is 4.53. The Balaban J connectivity index is 2.28. The van der Waals surface area contributed by atoms with E-state index >= 15 is 0 Å². The highest BCUT2D eigenvalue weighted by Crippen LogP contribution is 2.36. The zero-order chi connectivity index (χ0) is 12.4. The van der Waals surface area contributed by atoms with Crippen molar-refractivity contribution in [1.82, 2.24) is 0 Å². The summed E-state index contributed by atoms with van der Waals surface area (Å²) in [5.74, 6) is 0. The minimum atomic E-state index is 0.741. The van der Waals surface area contributed by atoms with Crippen molar-refractivity contribution in [3.63, 3.8) is 0 Å². The van der Waals surface area contributed by atoms with Gasteiger partial charge in [-0.15, -0.1) is 0 Å². The molecule has 0 saturated heterocycles. The van der Waals surface area contributed by atoms with Crippen LogP contribution in [0.15, 0.2) is 55.1 Å². The third-order valence-corrected chi connectivity index (χ3v) is 4.83. The molecule has 0 bridgehead atoms. The number of benzene rings is 2. The van der Waals surface area contributed by atoms with E-state index in [0.29, 0.717) is 0 Å². The molecule has 0 spiro atoms. The normalized spacial score (nSPS) is 10.5. The number of hydrogen-bond acceptors (Lipinski definition) is 3. The third kappa shape index (κ3) is 3.18. The molecule has 0 fully saturated rings. The molecule has 2 aromatic carbocycles. The van der Waals surface area contributed by atoms with Crippen LogP contribution in [0.25, 0.3) is 0 Å². The van der Waals surface area contributed by atoms with Gasteiger partial charge in [-0.2, -0.15) is 0 Å². The lowest BCUT2D eigenvalue weighted by molar-refractivity contribution is 1.37. The van der Waals surface area contributed by atoms with E-state index in [4.69, 9.17) is 11.5 Å². The number of nitrogen functional groups attached to an aromatic ring is 2. The second-order valence-electron chi connectivity index (χ2n) is 3.48. The highest BCUT2D eigenvalue weighted by molar-refractivity contribution is 9.11. The molecule has 4 N–H and O–H groups in total. The van der Waals surface area contributed by atoms with Gasteiger partial charge in [0.25, 0.3) is 0 Å². The van der Waals surface area contributed by atoms with E-state index in [2.05, 4.69) is 31.9 Å². The Morgan fingerprint density at radius 1 is 0.882 bits per heavy atom. The van der Waals surface area contributed by atoms with E-state index < -0.39 is 0 Å². The molecular weight excluding hydrogens is 364 g/mol. The SMILES string of the molecule is Nc1ccc(Sc2ccc(N)c(Br)c2)c(Br)c1. The molecule has 88 valence electrons. The number of rotatable bonds is 2. The Bertz CT molecular complexity index is 558. The fourth-order valence-corrected chi connectivity index (χ4v) is 3.33. The van der Waals surface area contributed by atoms with Crippen LogP contribution in [0.2, 0.25) is 0 Å². The van der Waals surface area contributed by atoms with Gasteiger partial charge in [-0.05, 0) is 68.3 Å². The van der Waals surface area contributed by atoms with Gasteiger partial charge in [0, 0.05) is 30.1 Å². The van der Waals surface area contributed by atoms with Gasteiger partial charge in [-0.25, -0.2) is 0 Å². The molecule has 17 heavy (non-hydrogen) atoms. The summed E-state index contributed by atoms with van der Waals surface area (Å²) in [5.41, 5.74) is 12.9. The fourth-order valence-electron chi connectivity index (χ4n) is 1.30. The van der Waals surface area contributed by atoms with Gasteiger partial charge in [-0.1, -0.05) is 11.8 Å². The summed E-state index contributed by atoms with van der Waals surface area (Å²) in [6.45, 7) is 0. The minimum absolute atomic E-state index is 0.741. The summed E-state index contributed by atoms with van der Waals surface area (Å²) in [4.78, 5) is 2.24. The fraction of sp³-hybridized carbons (Fsp3) is 0. The lowest BCUT2D eigenvalue weighted by atomic mass is 10.3. The van der Waals surface area contributed by atoms with Crippen LogP contribution in [0.1, 0.15) is 0 Å². The van der Waals surface area contributed by atoms with E-state index in [9.17, 15) is 0 Å². The standard InChI is InChI=1S/C12H10Br2N2S/c13-9-6-8(2-3-11(9)16)17-12-4-1-7(15)5-10(12)14/h1-6H,15-16H2. The highest BCUT2D eigenvalue weighted by Gasteiger charge is 2.04. The molecule has 0 unspecified atom stereocenters. The molecule has 0 aromatic heterocycles. The van der Waals surface area contributed by atoms with Crippen LogP contribution in [-0.2, 0) is 0 Å². The van der Waals surface area contributed by atoms with E-state index in [-0.39, 0.29) is 0 Å². The Morgan fingerprint density at radius 2 is 1.65 bits per heavy atom. The number of anilines is 2. The maximum Gasteiger partial charge on any atom is 0.0459 e. The van der Waals surface area contributed by atoms with E-state index in [1.807, 2.05) is 36.4 Å². The summed E-state index contributed by atoms with van der Waals surface area (Å²) >= 11 is 8.58. The molecule has 0 amide bonds. The first-order valence-corrected chi connectivity index (χ1v) is 7.24. The molecule has 0 atom stereocenters. The minimum Gasteiger partial charge on any atom is -0.399 e. The van der Waals surface area contributed by atoms with Crippen molar-refractivity contribution in [2.45, 2.75) is 9.79 Å². The van der Waals surface area contributed by atoms with Crippen molar-refractivity contribution in [3.05, 3.63) is 45.3 Å². The second kappa shape index (κ2) is 5.33. The molecule has 0 saturated carbocycles. The Labute approximate surface area is 121 Å². The van der Waals surface area contributed by atoms with Gasteiger partial charge in [0.1, 0.15) is 0 Å². The van der Waals surface area contributed by atoms with Crippen molar-refractivity contribution in [2.75, 3.05) is 11.5 Å². The lowest BCUT2D eigenvalue weighted by Crippen LogP contribution is -1.87. The molecule has 5 heteroatoms. The Hall–Kier alpha value is -0.650. The molecule has 2 aromatic rings. The van der Waals surface area contributed by atoms with Crippen LogP contribution in [0.3, 0.4) is 0 Å². The highest BCUT2D eigenvalue weighted by atomic mass is 79.9. The smallest absolute Gasteiger partial charge is 0.0459 e. The van der Waals surface area contributed by atoms with E-state index in [0.717, 1.165) is 30.1 Å². The predicted molar refractivity (Wildman–Crippen MR) is 81.2 cm³/mol. The number of halogens is 2. The molecule has 2 nitrogen and oxygen atoms in total. The Morgan fingerprint density at radius 3 is 2.29 bits per heavy atom. The summed E-state index contributed by atoms with van der Waals surface area (Å²) in [6, 6.07) is 11.7. The van der Waals surface area contributed by atoms with Crippen LogP contribution < -0.4 is 11.5 Å². The molecule has 0 aliphatic carbocycles. The number of hydrogen-bond donors (Lipinski definition) is 2. The maximum atomic E-state index is 5.75. The average molecular weight is 374 g/mol. The summed E-state index contributed by atoms with van der Waals surface area (Å²) in [6.07, 6.45) is 0. The van der Waals surface area contributed by atoms with Crippen LogP contribution >= 0.6 is 43.6 Å². The van der Waals surface area contributed by atoms with Crippen LogP contribution in [0.5, 0.6) is 0 Å². The molecule has 0 heterocycles. The van der Waals surface area contributed by atoms with Gasteiger partial charge in [0.2, 0.25) is 0 Å². The zero-order valence-corrected chi connectivity index (χ0v) is 12.8. The van der Waals surface area contributed by atoms with Gasteiger partial charge in [0.05, 0.1) is 0 Å². The first kappa shape index (κ1) is 12.8. The van der Waals surface area contributed by atoms with Crippen molar-refractivity contribution in [1.29, 1.82) is 0 Å². The van der Waals surface area contributed by atoms with E-state index in [1.165, 1.54) is 0 Å². The topological polar surface area (TPSA) is 52.0 Å². The van der Waals surface area contributed by atoms with Gasteiger partial charge in [0.15, 0.2) is 0 Å². The maximum absolute atomic E-state index is 5.75. The average Bonchev–Trinajstić information content (AvgIpc) is 2.27. The summed E-state index contributed by atoms with van der Waals surface area (Å²) in [5, 5.41) is 0. The Kier molecular flexibility index (Phi) is 4.01. The summed E-state index contributed by atoms with van der Waals surface area (Å²) in [7, 11) is 0. The van der Waals surface area contributed by atoms with Crippen LogP contribution in [0, 0.1) is 0 Å². The third-order valence-electron chi connectivity index (χ3n) is 2.16. The van der Waals surface area contributed by atoms with E-state index in [1.54, 1.807) is 11.8 Å². The molecule has 2 rings (SSSR count). The molecule has 0 aliphatic heterocycles. The van der Waals surface area contributed by atoms with Crippen molar-refractivity contribution in [3.8, 4) is 0 Å². The van der Waals surface area contributed by atoms with Crippen molar-refractivity contribution < 1.29 is 0 Å². The van der Waals surface area contributed by atoms with Gasteiger partial charge < -0.3 is 11.5 Å². The largest absolute Gasteiger partial charge is 0.399 e. The van der Waals surface area contributed by atoms with Gasteiger partial charge >= 0.3 is 0 Å². The zero-order valence-electron chi connectivity index (χ0n) is 8.78. The number of nitrogens with two attached hydrogens (primary N) is 2. The molecule has 0 radical (unpaired) electrons. The molecular formula is C12H10Br2N2S. The van der Waals surface area contributed by atoms with Crippen LogP contribution in [-0.4, -0.2) is 0 Å². The molecule has 0 aliphatic rings. The van der Waals surface area contributed by atoms with Crippen molar-refractivity contribution in [2.24, 2.45) is 0 Å². The quantitative estimate of drug-likeness (QED) is 0.760. The van der Waals surface area contributed by atoms with Crippen molar-refractivity contribution >= 4 is 55.0 Å². The van der Waals surface area contributed by atoms with Crippen LogP contribution in [0.4, 0.5) is 11.4 Å². The second-order valence-corrected chi connectivity index (χ2v) is 6.30. The monoisotopic (exact) mass is 372 g/mol. The van der Waals surface area contributed by atoms with Gasteiger partial charge in [-0.3, -0.25) is 0 Å². The first-order valence-electron chi connectivity index (χ1n) is 4.84. The first-order chi connectivity index (χ1) is 8.06.